The Hall–Kier alpha value is -0.610. The van der Waals surface area contributed by atoms with Gasteiger partial charge in [-0.1, -0.05) is 6.42 Å². The van der Waals surface area contributed by atoms with Crippen molar-refractivity contribution in [2.75, 3.05) is 33.3 Å². The Bertz CT molecular complexity index is 209. The molecule has 1 aliphatic heterocycles. The number of rotatable bonds is 4. The molecule has 4 nitrogen and oxygen atoms in total. The SMILES string of the molecule is CCN(C)C(=O)CN1CCCCC1CO. The number of hydrogen-bond donors (Lipinski definition) is 1. The molecule has 4 heteroatoms. The molecule has 1 N–H and O–H groups in total. The second-order valence-corrected chi connectivity index (χ2v) is 4.21. The Morgan fingerprint density at radius 2 is 2.27 bits per heavy atom. The van der Waals surface area contributed by atoms with Gasteiger partial charge in [-0.05, 0) is 26.3 Å². The normalized spacial score (nSPS) is 22.7. The standard InChI is InChI=1S/C11H22N2O2/c1-3-12(2)11(15)8-13-7-5-4-6-10(13)9-14/h10,14H,3-9H2,1-2H3. The Labute approximate surface area is 91.9 Å². The number of aliphatic hydroxyl groups is 1. The summed E-state index contributed by atoms with van der Waals surface area (Å²) >= 11 is 0. The second-order valence-electron chi connectivity index (χ2n) is 4.21. The molecule has 1 fully saturated rings. The molecule has 0 radical (unpaired) electrons. The van der Waals surface area contributed by atoms with Crippen LogP contribution in [0.15, 0.2) is 0 Å². The summed E-state index contributed by atoms with van der Waals surface area (Å²) in [6, 6.07) is 0.188. The fraction of sp³-hybridized carbons (Fsp3) is 0.909. The van der Waals surface area contributed by atoms with E-state index in [0.29, 0.717) is 6.54 Å². The minimum Gasteiger partial charge on any atom is -0.395 e. The summed E-state index contributed by atoms with van der Waals surface area (Å²) in [5.41, 5.74) is 0. The first-order valence-electron chi connectivity index (χ1n) is 5.78. The highest BCUT2D eigenvalue weighted by Crippen LogP contribution is 2.16. The van der Waals surface area contributed by atoms with E-state index < -0.39 is 0 Å². The van der Waals surface area contributed by atoms with Crippen molar-refractivity contribution in [2.24, 2.45) is 0 Å². The monoisotopic (exact) mass is 214 g/mol. The van der Waals surface area contributed by atoms with Crippen LogP contribution < -0.4 is 0 Å². The highest BCUT2D eigenvalue weighted by Gasteiger charge is 2.24. The number of carbonyl (C=O) groups excluding carboxylic acids is 1. The molecule has 1 aliphatic rings. The molecule has 1 saturated heterocycles. The summed E-state index contributed by atoms with van der Waals surface area (Å²) in [4.78, 5) is 15.5. The van der Waals surface area contributed by atoms with Gasteiger partial charge in [0.05, 0.1) is 13.2 Å². The fourth-order valence-corrected chi connectivity index (χ4v) is 1.95. The summed E-state index contributed by atoms with van der Waals surface area (Å²) < 4.78 is 0. The van der Waals surface area contributed by atoms with Gasteiger partial charge in [-0.2, -0.15) is 0 Å². The molecule has 0 aromatic rings. The van der Waals surface area contributed by atoms with Crippen molar-refractivity contribution < 1.29 is 9.90 Å². The molecule has 1 atom stereocenters. The summed E-state index contributed by atoms with van der Waals surface area (Å²) in [6.45, 7) is 4.28. The largest absolute Gasteiger partial charge is 0.395 e. The molecular weight excluding hydrogens is 192 g/mol. The van der Waals surface area contributed by atoms with Gasteiger partial charge in [-0.25, -0.2) is 0 Å². The van der Waals surface area contributed by atoms with Gasteiger partial charge in [0.2, 0.25) is 5.91 Å². The van der Waals surface area contributed by atoms with E-state index in [9.17, 15) is 9.90 Å². The van der Waals surface area contributed by atoms with Crippen LogP contribution in [0, 0.1) is 0 Å². The van der Waals surface area contributed by atoms with E-state index in [4.69, 9.17) is 0 Å². The molecule has 0 saturated carbocycles. The van der Waals surface area contributed by atoms with Gasteiger partial charge in [0.25, 0.3) is 0 Å². The van der Waals surface area contributed by atoms with Crippen molar-refractivity contribution in [3.8, 4) is 0 Å². The number of carbonyl (C=O) groups is 1. The van der Waals surface area contributed by atoms with Crippen LogP contribution in [0.25, 0.3) is 0 Å². The molecule has 0 aromatic heterocycles. The summed E-state index contributed by atoms with van der Waals surface area (Å²) in [5, 5.41) is 9.20. The number of likely N-dealkylation sites (tertiary alicyclic amines) is 1. The van der Waals surface area contributed by atoms with Gasteiger partial charge < -0.3 is 10.0 Å². The molecule has 1 amide bonds. The molecule has 1 heterocycles. The average Bonchev–Trinajstić information content (AvgIpc) is 2.28. The van der Waals surface area contributed by atoms with E-state index in [0.717, 1.165) is 25.9 Å². The lowest BCUT2D eigenvalue weighted by molar-refractivity contribution is -0.132. The van der Waals surface area contributed by atoms with Gasteiger partial charge in [0.1, 0.15) is 0 Å². The minimum absolute atomic E-state index is 0.151. The fourth-order valence-electron chi connectivity index (χ4n) is 1.95. The van der Waals surface area contributed by atoms with Crippen LogP contribution in [-0.2, 0) is 4.79 Å². The van der Waals surface area contributed by atoms with Gasteiger partial charge in [-0.15, -0.1) is 0 Å². The Morgan fingerprint density at radius 1 is 1.53 bits per heavy atom. The lowest BCUT2D eigenvalue weighted by Crippen LogP contribution is -2.47. The van der Waals surface area contributed by atoms with Crippen LogP contribution in [0.5, 0.6) is 0 Å². The first kappa shape index (κ1) is 12.5. The van der Waals surface area contributed by atoms with Crippen molar-refractivity contribution in [2.45, 2.75) is 32.2 Å². The summed E-state index contributed by atoms with van der Waals surface area (Å²) in [7, 11) is 1.82. The van der Waals surface area contributed by atoms with E-state index >= 15 is 0 Å². The second kappa shape index (κ2) is 6.08. The van der Waals surface area contributed by atoms with Gasteiger partial charge >= 0.3 is 0 Å². The maximum Gasteiger partial charge on any atom is 0.236 e. The molecular formula is C11H22N2O2. The molecule has 0 aliphatic carbocycles. The van der Waals surface area contributed by atoms with E-state index in [1.807, 2.05) is 14.0 Å². The van der Waals surface area contributed by atoms with Crippen molar-refractivity contribution in [3.05, 3.63) is 0 Å². The first-order valence-corrected chi connectivity index (χ1v) is 5.78. The number of amides is 1. The van der Waals surface area contributed by atoms with Crippen LogP contribution in [0.3, 0.4) is 0 Å². The smallest absolute Gasteiger partial charge is 0.236 e. The van der Waals surface area contributed by atoms with Crippen LogP contribution >= 0.6 is 0 Å². The molecule has 0 spiro atoms. The van der Waals surface area contributed by atoms with Crippen LogP contribution in [0.1, 0.15) is 26.2 Å². The topological polar surface area (TPSA) is 43.8 Å². The third-order valence-corrected chi connectivity index (χ3v) is 3.20. The lowest BCUT2D eigenvalue weighted by atomic mass is 10.0. The van der Waals surface area contributed by atoms with E-state index in [2.05, 4.69) is 4.90 Å². The third-order valence-electron chi connectivity index (χ3n) is 3.20. The highest BCUT2D eigenvalue weighted by atomic mass is 16.3. The van der Waals surface area contributed by atoms with E-state index in [-0.39, 0.29) is 18.6 Å². The van der Waals surface area contributed by atoms with Gasteiger partial charge in [0.15, 0.2) is 0 Å². The molecule has 15 heavy (non-hydrogen) atoms. The Kier molecular flexibility index (Phi) is 5.05. The molecule has 0 bridgehead atoms. The summed E-state index contributed by atoms with van der Waals surface area (Å²) in [5.74, 6) is 0.151. The van der Waals surface area contributed by atoms with Crippen LogP contribution in [0.2, 0.25) is 0 Å². The third kappa shape index (κ3) is 3.47. The molecule has 0 aromatic carbocycles. The average molecular weight is 214 g/mol. The maximum atomic E-state index is 11.7. The van der Waals surface area contributed by atoms with E-state index in [1.54, 1.807) is 4.90 Å². The van der Waals surface area contributed by atoms with Gasteiger partial charge in [0, 0.05) is 19.6 Å². The predicted molar refractivity (Wildman–Crippen MR) is 59.6 cm³/mol. The zero-order valence-electron chi connectivity index (χ0n) is 9.78. The van der Waals surface area contributed by atoms with Crippen LogP contribution in [0.4, 0.5) is 0 Å². The van der Waals surface area contributed by atoms with Crippen molar-refractivity contribution in [3.63, 3.8) is 0 Å². The maximum absolute atomic E-state index is 11.7. The van der Waals surface area contributed by atoms with Crippen LogP contribution in [-0.4, -0.2) is 60.1 Å². The van der Waals surface area contributed by atoms with Gasteiger partial charge in [-0.3, -0.25) is 9.69 Å². The minimum atomic E-state index is 0.151. The Balaban J connectivity index is 2.44. The quantitative estimate of drug-likeness (QED) is 0.732. The number of likely N-dealkylation sites (N-methyl/N-ethyl adjacent to an activating group) is 1. The highest BCUT2D eigenvalue weighted by molar-refractivity contribution is 5.77. The Morgan fingerprint density at radius 3 is 2.87 bits per heavy atom. The molecule has 1 unspecified atom stereocenters. The van der Waals surface area contributed by atoms with E-state index in [1.165, 1.54) is 6.42 Å². The zero-order valence-corrected chi connectivity index (χ0v) is 9.78. The molecule has 88 valence electrons. The number of hydrogen-bond acceptors (Lipinski definition) is 3. The van der Waals surface area contributed by atoms with Crippen molar-refractivity contribution >= 4 is 5.91 Å². The lowest BCUT2D eigenvalue weighted by Gasteiger charge is -2.34. The first-order chi connectivity index (χ1) is 7.19. The zero-order chi connectivity index (χ0) is 11.3. The predicted octanol–water partition coefficient (Wildman–Crippen LogP) is 0.311. The number of aliphatic hydroxyl groups excluding tert-OH is 1. The van der Waals surface area contributed by atoms with Crippen molar-refractivity contribution in [1.82, 2.24) is 9.80 Å². The number of nitrogens with zero attached hydrogens (tertiary/aromatic N) is 2. The van der Waals surface area contributed by atoms with Crippen molar-refractivity contribution in [1.29, 1.82) is 0 Å². The number of piperidine rings is 1. The summed E-state index contributed by atoms with van der Waals surface area (Å²) in [6.07, 6.45) is 3.32. The molecule has 1 rings (SSSR count).